The highest BCUT2D eigenvalue weighted by Gasteiger charge is 2.24. The van der Waals surface area contributed by atoms with Gasteiger partial charge in [0, 0.05) is 51.0 Å². The van der Waals surface area contributed by atoms with Gasteiger partial charge in [0.05, 0.1) is 5.75 Å². The van der Waals surface area contributed by atoms with Crippen molar-refractivity contribution in [3.8, 4) is 0 Å². The summed E-state index contributed by atoms with van der Waals surface area (Å²) in [5, 5.41) is 0. The van der Waals surface area contributed by atoms with Gasteiger partial charge >= 0.3 is 0 Å². The number of aryl methyl sites for hydroxylation is 1. The molecule has 6 nitrogen and oxygen atoms in total. The summed E-state index contributed by atoms with van der Waals surface area (Å²) in [6.07, 6.45) is 3.02. The van der Waals surface area contributed by atoms with Gasteiger partial charge in [0.25, 0.3) is 0 Å². The largest absolute Gasteiger partial charge is 0.329 e. The van der Waals surface area contributed by atoms with Crippen LogP contribution in [0.15, 0.2) is 24.4 Å². The van der Waals surface area contributed by atoms with Crippen LogP contribution in [0.1, 0.15) is 12.1 Å². The summed E-state index contributed by atoms with van der Waals surface area (Å²) >= 11 is 0. The Bertz CT molecular complexity index is 521. The number of sulfonamides is 1. The zero-order valence-corrected chi connectivity index (χ0v) is 13.1. The lowest BCUT2D eigenvalue weighted by atomic mass is 10.3. The van der Waals surface area contributed by atoms with Gasteiger partial charge < -0.3 is 10.6 Å². The Morgan fingerprint density at radius 1 is 1.19 bits per heavy atom. The van der Waals surface area contributed by atoms with Crippen molar-refractivity contribution in [1.82, 2.24) is 14.2 Å². The van der Waals surface area contributed by atoms with Gasteiger partial charge in [0.15, 0.2) is 0 Å². The zero-order chi connectivity index (χ0) is 15.1. The average molecular weight is 312 g/mol. The first-order chi connectivity index (χ1) is 10.1. The Morgan fingerprint density at radius 3 is 2.76 bits per heavy atom. The fraction of sp³-hybridized carbons (Fsp3) is 0.643. The number of nitrogens with two attached hydrogens (primary N) is 1. The molecule has 1 fully saturated rings. The number of hydrogen-bond donors (Lipinski definition) is 1. The van der Waals surface area contributed by atoms with E-state index < -0.39 is 10.0 Å². The fourth-order valence-corrected chi connectivity index (χ4v) is 4.03. The molecule has 1 aliphatic rings. The topological polar surface area (TPSA) is 79.5 Å². The fourth-order valence-electron chi connectivity index (χ4n) is 2.54. The van der Waals surface area contributed by atoms with E-state index in [0.29, 0.717) is 26.1 Å². The van der Waals surface area contributed by atoms with Gasteiger partial charge in [-0.2, -0.15) is 0 Å². The number of aromatic nitrogens is 1. The van der Waals surface area contributed by atoms with Crippen LogP contribution < -0.4 is 5.73 Å². The monoisotopic (exact) mass is 312 g/mol. The molecule has 7 heteroatoms. The summed E-state index contributed by atoms with van der Waals surface area (Å²) in [6, 6.07) is 5.57. The van der Waals surface area contributed by atoms with Crippen LogP contribution >= 0.6 is 0 Å². The van der Waals surface area contributed by atoms with Crippen LogP contribution in [-0.2, 0) is 16.4 Å². The molecular weight excluding hydrogens is 288 g/mol. The molecule has 0 bridgehead atoms. The van der Waals surface area contributed by atoms with Gasteiger partial charge in [-0.15, -0.1) is 0 Å². The van der Waals surface area contributed by atoms with E-state index in [-0.39, 0.29) is 5.75 Å². The van der Waals surface area contributed by atoms with Gasteiger partial charge in [-0.3, -0.25) is 4.98 Å². The molecule has 21 heavy (non-hydrogen) atoms. The van der Waals surface area contributed by atoms with Crippen molar-refractivity contribution in [2.45, 2.75) is 12.8 Å². The highest BCUT2D eigenvalue weighted by atomic mass is 32.2. The Balaban J connectivity index is 1.90. The van der Waals surface area contributed by atoms with E-state index in [9.17, 15) is 8.42 Å². The molecule has 1 saturated heterocycles. The first kappa shape index (κ1) is 16.4. The third-order valence-electron chi connectivity index (χ3n) is 3.73. The molecule has 0 amide bonds. The quantitative estimate of drug-likeness (QED) is 0.795. The lowest BCUT2D eigenvalue weighted by Gasteiger charge is -2.21. The number of nitrogens with zero attached hydrogens (tertiary/aromatic N) is 3. The zero-order valence-electron chi connectivity index (χ0n) is 12.3. The molecule has 0 atom stereocenters. The predicted octanol–water partition coefficient (Wildman–Crippen LogP) is -0.0797. The number of pyridine rings is 1. The van der Waals surface area contributed by atoms with Crippen LogP contribution in [0, 0.1) is 0 Å². The normalized spacial score (nSPS) is 18.5. The van der Waals surface area contributed by atoms with Crippen molar-refractivity contribution in [1.29, 1.82) is 0 Å². The Morgan fingerprint density at radius 2 is 2.05 bits per heavy atom. The summed E-state index contributed by atoms with van der Waals surface area (Å²) in [6.45, 7) is 4.30. The van der Waals surface area contributed by atoms with Gasteiger partial charge in [0.2, 0.25) is 10.0 Å². The van der Waals surface area contributed by atoms with E-state index in [1.54, 1.807) is 10.5 Å². The lowest BCUT2D eigenvalue weighted by Crippen LogP contribution is -2.38. The standard InChI is InChI=1S/C14H24N4O2S/c15-6-10-17-8-3-9-18(12-11-17)21(19,20)13-5-14-4-1-2-7-16-14/h1-2,4,7H,3,5-6,8-13,15H2. The van der Waals surface area contributed by atoms with Crippen molar-refractivity contribution in [2.24, 2.45) is 5.73 Å². The van der Waals surface area contributed by atoms with E-state index in [1.165, 1.54) is 0 Å². The first-order valence-corrected chi connectivity index (χ1v) is 9.03. The summed E-state index contributed by atoms with van der Waals surface area (Å²) in [7, 11) is -3.21. The van der Waals surface area contributed by atoms with E-state index in [4.69, 9.17) is 5.73 Å². The molecule has 1 aliphatic heterocycles. The molecule has 2 heterocycles. The van der Waals surface area contributed by atoms with Crippen LogP contribution in [0.3, 0.4) is 0 Å². The molecule has 0 spiro atoms. The van der Waals surface area contributed by atoms with Crippen molar-refractivity contribution >= 4 is 10.0 Å². The van der Waals surface area contributed by atoms with Crippen LogP contribution in [0.25, 0.3) is 0 Å². The van der Waals surface area contributed by atoms with E-state index in [0.717, 1.165) is 31.7 Å². The molecule has 0 unspecified atom stereocenters. The van der Waals surface area contributed by atoms with Crippen molar-refractivity contribution < 1.29 is 8.42 Å². The highest BCUT2D eigenvalue weighted by molar-refractivity contribution is 7.89. The summed E-state index contributed by atoms with van der Waals surface area (Å²) < 4.78 is 26.5. The summed E-state index contributed by atoms with van der Waals surface area (Å²) in [5.74, 6) is 0.126. The molecule has 118 valence electrons. The number of hydrogen-bond acceptors (Lipinski definition) is 5. The molecular formula is C14H24N4O2S. The first-order valence-electron chi connectivity index (χ1n) is 7.42. The predicted molar refractivity (Wildman–Crippen MR) is 83.4 cm³/mol. The van der Waals surface area contributed by atoms with Gasteiger partial charge in [0.1, 0.15) is 0 Å². The molecule has 0 radical (unpaired) electrons. The van der Waals surface area contributed by atoms with Crippen LogP contribution in [0.2, 0.25) is 0 Å². The summed E-state index contributed by atoms with van der Waals surface area (Å²) in [5.41, 5.74) is 6.38. The third kappa shape index (κ3) is 5.03. The second-order valence-electron chi connectivity index (χ2n) is 5.27. The van der Waals surface area contributed by atoms with E-state index >= 15 is 0 Å². The van der Waals surface area contributed by atoms with Gasteiger partial charge in [-0.25, -0.2) is 12.7 Å². The second-order valence-corrected chi connectivity index (χ2v) is 7.36. The Labute approximate surface area is 127 Å². The van der Waals surface area contributed by atoms with Crippen molar-refractivity contribution in [2.75, 3.05) is 45.0 Å². The molecule has 2 rings (SSSR count). The van der Waals surface area contributed by atoms with Crippen LogP contribution in [0.4, 0.5) is 0 Å². The van der Waals surface area contributed by atoms with Crippen LogP contribution in [0.5, 0.6) is 0 Å². The van der Waals surface area contributed by atoms with Gasteiger partial charge in [-0.1, -0.05) is 6.07 Å². The maximum atomic E-state index is 12.4. The third-order valence-corrected chi connectivity index (χ3v) is 5.60. The molecule has 0 saturated carbocycles. The van der Waals surface area contributed by atoms with E-state index in [1.807, 2.05) is 18.2 Å². The minimum atomic E-state index is -3.21. The molecule has 1 aromatic heterocycles. The Kier molecular flexibility index (Phi) is 6.10. The smallest absolute Gasteiger partial charge is 0.214 e. The molecule has 0 aliphatic carbocycles. The van der Waals surface area contributed by atoms with Crippen molar-refractivity contribution in [3.05, 3.63) is 30.1 Å². The van der Waals surface area contributed by atoms with Crippen molar-refractivity contribution in [3.63, 3.8) is 0 Å². The average Bonchev–Trinajstić information content (AvgIpc) is 2.73. The van der Waals surface area contributed by atoms with Crippen LogP contribution in [-0.4, -0.2) is 67.6 Å². The van der Waals surface area contributed by atoms with Gasteiger partial charge in [-0.05, 0) is 25.1 Å². The van der Waals surface area contributed by atoms with E-state index in [2.05, 4.69) is 9.88 Å². The second kappa shape index (κ2) is 7.84. The lowest BCUT2D eigenvalue weighted by molar-refractivity contribution is 0.294. The minimum absolute atomic E-state index is 0.126. The maximum Gasteiger partial charge on any atom is 0.214 e. The highest BCUT2D eigenvalue weighted by Crippen LogP contribution is 2.10. The SMILES string of the molecule is NCCN1CCCN(S(=O)(=O)CCc2ccccn2)CC1. The Hall–Kier alpha value is -1.02. The molecule has 2 N–H and O–H groups in total. The summed E-state index contributed by atoms with van der Waals surface area (Å²) in [4.78, 5) is 6.41. The molecule has 1 aromatic rings. The minimum Gasteiger partial charge on any atom is -0.329 e. The molecule has 0 aromatic carbocycles. The number of rotatable bonds is 6. The maximum absolute atomic E-state index is 12.4.